The second kappa shape index (κ2) is 11.5. The van der Waals surface area contributed by atoms with Crippen LogP contribution in [0.15, 0.2) is 40.9 Å². The number of halogens is 1. The number of pyridine rings is 1. The monoisotopic (exact) mass is 540 g/mol. The minimum Gasteiger partial charge on any atom is -0.481 e. The van der Waals surface area contributed by atoms with Gasteiger partial charge in [-0.05, 0) is 55.5 Å². The fourth-order valence-electron chi connectivity index (χ4n) is 5.21. The van der Waals surface area contributed by atoms with Crippen LogP contribution < -0.4 is 10.6 Å². The van der Waals surface area contributed by atoms with Crippen molar-refractivity contribution >= 4 is 51.9 Å². The molecule has 2 aromatic heterocycles. The van der Waals surface area contributed by atoms with Crippen LogP contribution >= 0.6 is 11.6 Å². The molecule has 1 aromatic carbocycles. The van der Waals surface area contributed by atoms with Gasteiger partial charge in [0.1, 0.15) is 17.1 Å². The van der Waals surface area contributed by atoms with Crippen molar-refractivity contribution < 1.29 is 28.6 Å². The predicted molar refractivity (Wildman–Crippen MR) is 142 cm³/mol. The maximum atomic E-state index is 13.4. The second-order valence-electron chi connectivity index (χ2n) is 9.67. The molecule has 5 rings (SSSR count). The highest BCUT2D eigenvalue weighted by atomic mass is 35.5. The fraction of sp³-hybridized carbons (Fsp3) is 0.407. The number of rotatable bonds is 7. The van der Waals surface area contributed by atoms with E-state index >= 15 is 0 Å². The molecule has 3 heterocycles. The van der Waals surface area contributed by atoms with Crippen LogP contribution in [0.2, 0.25) is 5.02 Å². The number of carbonyl (C=O) groups is 3. The van der Waals surface area contributed by atoms with Gasteiger partial charge in [-0.2, -0.15) is 0 Å². The number of benzene rings is 1. The zero-order chi connectivity index (χ0) is 26.6. The lowest BCUT2D eigenvalue weighted by Gasteiger charge is -2.38. The minimum atomic E-state index is -0.984. The van der Waals surface area contributed by atoms with Crippen molar-refractivity contribution in [3.63, 3.8) is 0 Å². The van der Waals surface area contributed by atoms with Crippen molar-refractivity contribution in [1.29, 1.82) is 0 Å². The summed E-state index contributed by atoms with van der Waals surface area (Å²) in [4.78, 5) is 44.4. The summed E-state index contributed by atoms with van der Waals surface area (Å²) in [5, 5.41) is 15.7. The van der Waals surface area contributed by atoms with E-state index in [-0.39, 0.29) is 35.5 Å². The molecular weight excluding hydrogens is 512 g/mol. The van der Waals surface area contributed by atoms with E-state index in [0.717, 1.165) is 52.0 Å². The molecule has 2 amide bonds. The van der Waals surface area contributed by atoms with Crippen molar-refractivity contribution in [3.8, 4) is 0 Å². The molecule has 10 nitrogen and oxygen atoms in total. The number of anilines is 2. The average Bonchev–Trinajstić information content (AvgIpc) is 3.28. The molecule has 1 saturated carbocycles. The molecule has 3 aromatic rings. The summed E-state index contributed by atoms with van der Waals surface area (Å²) in [7, 11) is 0. The minimum absolute atomic E-state index is 0.0837. The van der Waals surface area contributed by atoms with E-state index in [0.29, 0.717) is 27.6 Å². The number of fused-ring (bicyclic) bond motifs is 1. The van der Waals surface area contributed by atoms with Crippen LogP contribution in [0.5, 0.6) is 0 Å². The van der Waals surface area contributed by atoms with E-state index in [1.807, 2.05) is 0 Å². The molecular formula is C27H29ClN4O6. The Morgan fingerprint density at radius 3 is 2.50 bits per heavy atom. The van der Waals surface area contributed by atoms with E-state index in [2.05, 4.69) is 20.5 Å². The van der Waals surface area contributed by atoms with Crippen LogP contribution in [-0.4, -0.2) is 65.1 Å². The van der Waals surface area contributed by atoms with Gasteiger partial charge in [-0.15, -0.1) is 0 Å². The van der Waals surface area contributed by atoms with Crippen LogP contribution in [0.3, 0.4) is 0 Å². The van der Waals surface area contributed by atoms with Gasteiger partial charge in [0, 0.05) is 36.6 Å². The van der Waals surface area contributed by atoms with Gasteiger partial charge in [0.05, 0.1) is 24.7 Å². The molecule has 2 aliphatic rings. The van der Waals surface area contributed by atoms with Gasteiger partial charge in [-0.25, -0.2) is 4.98 Å². The smallest absolute Gasteiger partial charge is 0.307 e. The molecule has 0 bridgehead atoms. The zero-order valence-electron chi connectivity index (χ0n) is 20.7. The number of nitrogens with one attached hydrogen (secondary N) is 2. The topological polar surface area (TPSA) is 134 Å². The van der Waals surface area contributed by atoms with E-state index in [1.165, 1.54) is 6.20 Å². The predicted octanol–water partition coefficient (Wildman–Crippen LogP) is 4.19. The van der Waals surface area contributed by atoms with E-state index in [1.54, 1.807) is 30.3 Å². The first kappa shape index (κ1) is 26.1. The van der Waals surface area contributed by atoms with E-state index < -0.39 is 11.9 Å². The molecule has 2 fully saturated rings. The lowest BCUT2D eigenvalue weighted by atomic mass is 9.84. The summed E-state index contributed by atoms with van der Waals surface area (Å²) < 4.78 is 11.3. The van der Waals surface area contributed by atoms with Gasteiger partial charge in [-0.3, -0.25) is 19.3 Å². The molecule has 0 radical (unpaired) electrons. The van der Waals surface area contributed by atoms with Crippen molar-refractivity contribution in [1.82, 2.24) is 9.88 Å². The summed E-state index contributed by atoms with van der Waals surface area (Å²) in [6.07, 6.45) is 4.53. The quantitative estimate of drug-likeness (QED) is 0.406. The first-order valence-corrected chi connectivity index (χ1v) is 13.1. The number of morpholine rings is 1. The molecule has 3 N–H and O–H groups in total. The number of carboxylic acid groups (broad SMARTS) is 1. The Hall–Kier alpha value is -3.47. The Morgan fingerprint density at radius 2 is 1.82 bits per heavy atom. The Balaban J connectivity index is 1.37. The third-order valence-electron chi connectivity index (χ3n) is 7.16. The van der Waals surface area contributed by atoms with E-state index in [9.17, 15) is 19.5 Å². The van der Waals surface area contributed by atoms with Gasteiger partial charge < -0.3 is 24.9 Å². The molecule has 0 atom stereocenters. The molecule has 1 aliphatic carbocycles. The number of carbonyl (C=O) groups excluding carboxylic acids is 2. The van der Waals surface area contributed by atoms with Crippen molar-refractivity contribution in [2.24, 2.45) is 5.92 Å². The lowest BCUT2D eigenvalue weighted by molar-refractivity contribution is -0.136. The Bertz CT molecular complexity index is 1330. The van der Waals surface area contributed by atoms with Gasteiger partial charge in [-0.1, -0.05) is 17.7 Å². The van der Waals surface area contributed by atoms with Gasteiger partial charge in [0.25, 0.3) is 5.91 Å². The van der Waals surface area contributed by atoms with Gasteiger partial charge in [0.15, 0.2) is 0 Å². The summed E-state index contributed by atoms with van der Waals surface area (Å²) in [5.41, 5.74) is 1.11. The number of ether oxygens (including phenoxy) is 1. The SMILES string of the molecule is O=C(O)Cc1ccc2oc(C(=O)Nc3ccc(Cl)cn3)c(NC(=O)C3CCC(N4CCOCC4)CC3)c2c1. The summed E-state index contributed by atoms with van der Waals surface area (Å²) in [5.74, 6) is -1.78. The van der Waals surface area contributed by atoms with Crippen LogP contribution in [0, 0.1) is 5.92 Å². The highest BCUT2D eigenvalue weighted by molar-refractivity contribution is 6.30. The normalized spacial score (nSPS) is 20.2. The number of hydrogen-bond donors (Lipinski definition) is 3. The second-order valence-corrected chi connectivity index (χ2v) is 10.1. The number of amides is 2. The largest absolute Gasteiger partial charge is 0.481 e. The summed E-state index contributed by atoms with van der Waals surface area (Å²) in [6.45, 7) is 3.33. The van der Waals surface area contributed by atoms with E-state index in [4.69, 9.17) is 20.8 Å². The van der Waals surface area contributed by atoms with Crippen molar-refractivity contribution in [2.45, 2.75) is 38.1 Å². The third-order valence-corrected chi connectivity index (χ3v) is 7.38. The third kappa shape index (κ3) is 5.98. The van der Waals surface area contributed by atoms with Crippen LogP contribution in [0.1, 0.15) is 41.8 Å². The van der Waals surface area contributed by atoms with Crippen LogP contribution in [-0.2, 0) is 20.7 Å². The zero-order valence-corrected chi connectivity index (χ0v) is 21.5. The fourth-order valence-corrected chi connectivity index (χ4v) is 5.32. The van der Waals surface area contributed by atoms with Gasteiger partial charge >= 0.3 is 5.97 Å². The summed E-state index contributed by atoms with van der Waals surface area (Å²) >= 11 is 5.89. The van der Waals surface area contributed by atoms with Crippen molar-refractivity contribution in [2.75, 3.05) is 36.9 Å². The maximum Gasteiger partial charge on any atom is 0.307 e. The highest BCUT2D eigenvalue weighted by Gasteiger charge is 2.32. The molecule has 11 heteroatoms. The van der Waals surface area contributed by atoms with Gasteiger partial charge in [0.2, 0.25) is 11.7 Å². The van der Waals surface area contributed by atoms with Crippen molar-refractivity contribution in [3.05, 3.63) is 52.9 Å². The molecule has 1 saturated heterocycles. The number of aliphatic carboxylic acids is 1. The summed E-state index contributed by atoms with van der Waals surface area (Å²) in [6, 6.07) is 8.46. The number of hydrogen-bond acceptors (Lipinski definition) is 7. The molecule has 0 unspecified atom stereocenters. The lowest BCUT2D eigenvalue weighted by Crippen LogP contribution is -2.45. The van der Waals surface area contributed by atoms with Crippen LogP contribution in [0.25, 0.3) is 11.0 Å². The number of furan rings is 1. The maximum absolute atomic E-state index is 13.4. The number of aromatic nitrogens is 1. The van der Waals surface area contributed by atoms with Crippen LogP contribution in [0.4, 0.5) is 11.5 Å². The number of nitrogens with zero attached hydrogens (tertiary/aromatic N) is 2. The Kier molecular flexibility index (Phi) is 7.92. The molecule has 200 valence electrons. The molecule has 1 aliphatic heterocycles. The first-order chi connectivity index (χ1) is 18.4. The first-order valence-electron chi connectivity index (χ1n) is 12.7. The molecule has 38 heavy (non-hydrogen) atoms. The Morgan fingerprint density at radius 1 is 1.05 bits per heavy atom. The number of carboxylic acids is 1. The Labute approximate surface area is 224 Å². The highest BCUT2D eigenvalue weighted by Crippen LogP contribution is 2.35. The average molecular weight is 541 g/mol. The molecule has 0 spiro atoms. The standard InChI is InChI=1S/C27H29ClN4O6/c28-18-4-8-22(29-15-18)30-27(36)25-24(20-13-16(14-23(33)34)1-7-21(20)38-25)31-26(35)17-2-5-19(6-3-17)32-9-11-37-12-10-32/h1,4,7-8,13,15,17,19H,2-3,5-6,9-12,14H2,(H,31,35)(H,33,34)(H,29,30,36).